The molecular weight excluding hydrogens is 380 g/mol. The first-order chi connectivity index (χ1) is 14.5. The summed E-state index contributed by atoms with van der Waals surface area (Å²) in [7, 11) is 0. The number of H-pyrrole nitrogens is 1. The van der Waals surface area contributed by atoms with E-state index in [0.29, 0.717) is 34.2 Å². The zero-order chi connectivity index (χ0) is 20.7. The fourth-order valence-electron chi connectivity index (χ4n) is 3.48. The molecule has 150 valence electrons. The van der Waals surface area contributed by atoms with E-state index in [0.717, 1.165) is 29.7 Å². The van der Waals surface area contributed by atoms with E-state index in [1.165, 1.54) is 6.07 Å². The van der Waals surface area contributed by atoms with Gasteiger partial charge in [-0.3, -0.25) is 14.7 Å². The number of hydrogen-bond donors (Lipinski definition) is 3. The van der Waals surface area contributed by atoms with E-state index < -0.39 is 0 Å². The standard InChI is InChI=1S/C23H20N4O3/c24-16-6-4-15(5-7-16)21-12-19(28)17-9-13(1-8-20(17)30-21)10-23(29)25-22-11-18(26-27-22)14-2-3-14/h1,4-9,11-12,14H,2-3,10,24H2,(H2,25,26,27,29). The molecule has 0 atom stereocenters. The Morgan fingerprint density at radius 1 is 1.13 bits per heavy atom. The van der Waals surface area contributed by atoms with Crippen LogP contribution in [-0.4, -0.2) is 16.1 Å². The third-order valence-electron chi connectivity index (χ3n) is 5.23. The van der Waals surface area contributed by atoms with Gasteiger partial charge in [0.15, 0.2) is 11.2 Å². The van der Waals surface area contributed by atoms with Gasteiger partial charge in [-0.15, -0.1) is 0 Å². The lowest BCUT2D eigenvalue weighted by molar-refractivity contribution is -0.115. The molecule has 2 heterocycles. The number of nitrogens with zero attached hydrogens (tertiary/aromatic N) is 1. The summed E-state index contributed by atoms with van der Waals surface area (Å²) in [5.74, 6) is 1.35. The fraction of sp³-hybridized carbons (Fsp3) is 0.174. The van der Waals surface area contributed by atoms with Gasteiger partial charge < -0.3 is 15.5 Å². The molecule has 0 bridgehead atoms. The number of carbonyl (C=O) groups excluding carboxylic acids is 1. The average molecular weight is 400 g/mol. The number of anilines is 2. The molecule has 1 fully saturated rings. The number of nitrogens with one attached hydrogen (secondary N) is 2. The number of rotatable bonds is 5. The largest absolute Gasteiger partial charge is 0.456 e. The molecule has 0 radical (unpaired) electrons. The Kier molecular flexibility index (Phi) is 4.35. The highest BCUT2D eigenvalue weighted by atomic mass is 16.3. The molecule has 2 aromatic heterocycles. The Labute approximate surface area is 171 Å². The van der Waals surface area contributed by atoms with Gasteiger partial charge >= 0.3 is 0 Å². The number of carbonyl (C=O) groups is 1. The molecule has 0 unspecified atom stereocenters. The first kappa shape index (κ1) is 18.2. The summed E-state index contributed by atoms with van der Waals surface area (Å²) < 4.78 is 5.90. The van der Waals surface area contributed by atoms with Gasteiger partial charge in [-0.05, 0) is 54.8 Å². The highest BCUT2D eigenvalue weighted by Gasteiger charge is 2.25. The van der Waals surface area contributed by atoms with Crippen molar-refractivity contribution < 1.29 is 9.21 Å². The normalized spacial score (nSPS) is 13.5. The fourth-order valence-corrected chi connectivity index (χ4v) is 3.48. The Balaban J connectivity index is 1.35. The summed E-state index contributed by atoms with van der Waals surface area (Å²) in [6, 6.07) is 15.7. The van der Waals surface area contributed by atoms with Crippen LogP contribution in [0.25, 0.3) is 22.3 Å². The first-order valence-electron chi connectivity index (χ1n) is 9.83. The van der Waals surface area contributed by atoms with E-state index in [-0.39, 0.29) is 17.8 Å². The molecule has 5 rings (SSSR count). The second kappa shape index (κ2) is 7.18. The van der Waals surface area contributed by atoms with Gasteiger partial charge in [-0.25, -0.2) is 0 Å². The van der Waals surface area contributed by atoms with Gasteiger partial charge in [0.1, 0.15) is 11.3 Å². The van der Waals surface area contributed by atoms with Crippen molar-refractivity contribution in [2.45, 2.75) is 25.2 Å². The van der Waals surface area contributed by atoms with Gasteiger partial charge in [0, 0.05) is 35.0 Å². The molecular formula is C23H20N4O3. The quantitative estimate of drug-likeness (QED) is 0.441. The third-order valence-corrected chi connectivity index (χ3v) is 5.23. The van der Waals surface area contributed by atoms with Crippen molar-refractivity contribution in [1.29, 1.82) is 0 Å². The smallest absolute Gasteiger partial charge is 0.229 e. The molecule has 2 aromatic carbocycles. The highest BCUT2D eigenvalue weighted by molar-refractivity contribution is 5.92. The maximum Gasteiger partial charge on any atom is 0.229 e. The van der Waals surface area contributed by atoms with Crippen LogP contribution in [0.5, 0.6) is 0 Å². The molecule has 0 aliphatic heterocycles. The minimum absolute atomic E-state index is 0.140. The maximum atomic E-state index is 12.6. The molecule has 0 saturated heterocycles. The van der Waals surface area contributed by atoms with Gasteiger partial charge in [0.05, 0.1) is 11.8 Å². The summed E-state index contributed by atoms with van der Waals surface area (Å²) in [6.45, 7) is 0. The van der Waals surface area contributed by atoms with Crippen LogP contribution < -0.4 is 16.5 Å². The van der Waals surface area contributed by atoms with Crippen LogP contribution in [0, 0.1) is 0 Å². The van der Waals surface area contributed by atoms with Crippen LogP contribution in [0.3, 0.4) is 0 Å². The Hall–Kier alpha value is -3.87. The van der Waals surface area contributed by atoms with E-state index in [1.807, 2.05) is 18.2 Å². The first-order valence-corrected chi connectivity index (χ1v) is 9.83. The van der Waals surface area contributed by atoms with E-state index in [1.54, 1.807) is 30.3 Å². The molecule has 1 aliphatic rings. The number of nitrogen functional groups attached to an aromatic ring is 1. The number of aromatic amines is 1. The number of benzene rings is 2. The molecule has 1 aliphatic carbocycles. The summed E-state index contributed by atoms with van der Waals surface area (Å²) in [4.78, 5) is 25.0. The van der Waals surface area contributed by atoms with Crippen LogP contribution in [0.4, 0.5) is 11.5 Å². The monoisotopic (exact) mass is 400 g/mol. The van der Waals surface area contributed by atoms with E-state index >= 15 is 0 Å². The molecule has 7 nitrogen and oxygen atoms in total. The van der Waals surface area contributed by atoms with Crippen LogP contribution in [0.2, 0.25) is 0 Å². The van der Waals surface area contributed by atoms with Crippen molar-refractivity contribution in [3.8, 4) is 11.3 Å². The van der Waals surface area contributed by atoms with Crippen LogP contribution in [0.1, 0.15) is 30.0 Å². The zero-order valence-corrected chi connectivity index (χ0v) is 16.1. The lowest BCUT2D eigenvalue weighted by Crippen LogP contribution is -2.15. The van der Waals surface area contributed by atoms with Crippen molar-refractivity contribution >= 4 is 28.4 Å². The topological polar surface area (TPSA) is 114 Å². The van der Waals surface area contributed by atoms with Crippen molar-refractivity contribution in [1.82, 2.24) is 10.2 Å². The maximum absolute atomic E-state index is 12.6. The lowest BCUT2D eigenvalue weighted by atomic mass is 10.1. The van der Waals surface area contributed by atoms with Crippen molar-refractivity contribution in [3.05, 3.63) is 76.1 Å². The predicted molar refractivity (Wildman–Crippen MR) is 115 cm³/mol. The van der Waals surface area contributed by atoms with E-state index in [2.05, 4.69) is 15.5 Å². The zero-order valence-electron chi connectivity index (χ0n) is 16.1. The average Bonchev–Trinajstić information content (AvgIpc) is 3.48. The summed E-state index contributed by atoms with van der Waals surface area (Å²) in [5.41, 5.74) is 9.23. The van der Waals surface area contributed by atoms with Crippen LogP contribution in [0.15, 0.2) is 63.8 Å². The number of nitrogens with two attached hydrogens (primary N) is 1. The minimum atomic E-state index is -0.189. The van der Waals surface area contributed by atoms with E-state index in [9.17, 15) is 9.59 Å². The molecule has 1 saturated carbocycles. The Morgan fingerprint density at radius 3 is 2.70 bits per heavy atom. The number of fused-ring (bicyclic) bond motifs is 1. The molecule has 0 spiro atoms. The number of amides is 1. The molecule has 1 amide bonds. The van der Waals surface area contributed by atoms with Crippen molar-refractivity contribution in [2.24, 2.45) is 0 Å². The summed E-state index contributed by atoms with van der Waals surface area (Å²) in [6.07, 6.45) is 2.46. The Bertz CT molecular complexity index is 1300. The second-order valence-corrected chi connectivity index (χ2v) is 7.64. The van der Waals surface area contributed by atoms with Gasteiger partial charge in [-0.1, -0.05) is 6.07 Å². The van der Waals surface area contributed by atoms with Gasteiger partial charge in [-0.2, -0.15) is 5.10 Å². The lowest BCUT2D eigenvalue weighted by Gasteiger charge is -2.06. The van der Waals surface area contributed by atoms with Crippen LogP contribution >= 0.6 is 0 Å². The minimum Gasteiger partial charge on any atom is -0.456 e. The third kappa shape index (κ3) is 3.69. The molecule has 4 N–H and O–H groups in total. The van der Waals surface area contributed by atoms with Crippen molar-refractivity contribution in [2.75, 3.05) is 11.1 Å². The summed E-state index contributed by atoms with van der Waals surface area (Å²) in [5, 5.41) is 10.3. The predicted octanol–water partition coefficient (Wildman–Crippen LogP) is 3.82. The Morgan fingerprint density at radius 2 is 1.93 bits per heavy atom. The van der Waals surface area contributed by atoms with Crippen LogP contribution in [-0.2, 0) is 11.2 Å². The SMILES string of the molecule is Nc1ccc(-c2cc(=O)c3cc(CC(=O)Nc4cc(C5CC5)[nH]n4)ccc3o2)cc1. The molecule has 30 heavy (non-hydrogen) atoms. The second-order valence-electron chi connectivity index (χ2n) is 7.64. The number of aromatic nitrogens is 2. The molecule has 7 heteroatoms. The highest BCUT2D eigenvalue weighted by Crippen LogP contribution is 2.39. The van der Waals surface area contributed by atoms with Gasteiger partial charge in [0.25, 0.3) is 0 Å². The number of hydrogen-bond acceptors (Lipinski definition) is 5. The van der Waals surface area contributed by atoms with Crippen molar-refractivity contribution in [3.63, 3.8) is 0 Å². The summed E-state index contributed by atoms with van der Waals surface area (Å²) >= 11 is 0. The molecule has 4 aromatic rings. The van der Waals surface area contributed by atoms with E-state index in [4.69, 9.17) is 10.2 Å². The van der Waals surface area contributed by atoms with Gasteiger partial charge in [0.2, 0.25) is 5.91 Å².